The predicted octanol–water partition coefficient (Wildman–Crippen LogP) is 2.65. The lowest BCUT2D eigenvalue weighted by atomic mass is 9.78. The minimum absolute atomic E-state index is 0.0761. The van der Waals surface area contributed by atoms with Gasteiger partial charge in [-0.05, 0) is 43.7 Å². The summed E-state index contributed by atoms with van der Waals surface area (Å²) in [6, 6.07) is 2.04. The van der Waals surface area contributed by atoms with Crippen molar-refractivity contribution in [1.29, 1.82) is 0 Å². The molecule has 0 saturated carbocycles. The summed E-state index contributed by atoms with van der Waals surface area (Å²) in [4.78, 5) is 19.6. The number of hydrogen-bond acceptors (Lipinski definition) is 3. The normalized spacial score (nSPS) is 28.3. The number of nitrogens with one attached hydrogen (secondary N) is 1. The molecule has 2 aliphatic rings. The Morgan fingerprint density at radius 2 is 2.14 bits per heavy atom. The van der Waals surface area contributed by atoms with Crippen molar-refractivity contribution in [2.45, 2.75) is 20.8 Å². The monoisotopic (exact) mass is 283 g/mol. The first-order valence-electron chi connectivity index (χ1n) is 6.92. The van der Waals surface area contributed by atoms with E-state index in [-0.39, 0.29) is 17.7 Å². The Labute approximate surface area is 122 Å². The topological polar surface area (TPSA) is 77.8 Å². The standard InChI is InChI=1S/C16H17N3O2/c1-8-6-9(2)17-14(8)7-11-15-10(3)12(19-21)4-5-13(15)18-16(11)20/h4-7,10,15,17,21H,1-3H3. The minimum atomic E-state index is -0.211. The first-order chi connectivity index (χ1) is 10.0. The highest BCUT2D eigenvalue weighted by atomic mass is 16.4. The Hall–Kier alpha value is -2.43. The largest absolute Gasteiger partial charge is 0.411 e. The molecule has 0 saturated heterocycles. The fourth-order valence-corrected chi connectivity index (χ4v) is 3.03. The van der Waals surface area contributed by atoms with Crippen molar-refractivity contribution >= 4 is 23.4 Å². The summed E-state index contributed by atoms with van der Waals surface area (Å²) in [6.07, 6.45) is 5.34. The lowest BCUT2D eigenvalue weighted by molar-refractivity contribution is -0.114. The molecule has 1 aromatic heterocycles. The third-order valence-corrected chi connectivity index (χ3v) is 4.13. The second-order valence-corrected chi connectivity index (χ2v) is 5.62. The van der Waals surface area contributed by atoms with Crippen molar-refractivity contribution < 1.29 is 10.0 Å². The van der Waals surface area contributed by atoms with E-state index in [9.17, 15) is 4.79 Å². The molecule has 5 heteroatoms. The molecule has 2 heterocycles. The molecule has 0 fully saturated rings. The maximum atomic E-state index is 12.2. The number of allylic oxidation sites excluding steroid dienone is 2. The van der Waals surface area contributed by atoms with Crippen LogP contribution in [0, 0.1) is 25.7 Å². The number of aromatic nitrogens is 1. The van der Waals surface area contributed by atoms with Gasteiger partial charge in [-0.1, -0.05) is 12.1 Å². The molecule has 1 aliphatic heterocycles. The van der Waals surface area contributed by atoms with E-state index in [0.717, 1.165) is 22.7 Å². The molecule has 0 aromatic carbocycles. The summed E-state index contributed by atoms with van der Waals surface area (Å²) in [6.45, 7) is 5.93. The van der Waals surface area contributed by atoms with Gasteiger partial charge in [0.2, 0.25) is 0 Å². The van der Waals surface area contributed by atoms with Crippen LogP contribution in [0.25, 0.3) is 6.08 Å². The van der Waals surface area contributed by atoms with Crippen LogP contribution >= 0.6 is 0 Å². The quantitative estimate of drug-likeness (QED) is 0.472. The van der Waals surface area contributed by atoms with E-state index in [0.29, 0.717) is 11.3 Å². The van der Waals surface area contributed by atoms with E-state index in [1.807, 2.05) is 32.9 Å². The van der Waals surface area contributed by atoms with Gasteiger partial charge in [-0.25, -0.2) is 4.99 Å². The summed E-state index contributed by atoms with van der Waals surface area (Å²) >= 11 is 0. The number of rotatable bonds is 1. The molecule has 0 radical (unpaired) electrons. The maximum absolute atomic E-state index is 12.2. The average Bonchev–Trinajstić information content (AvgIpc) is 2.91. The molecule has 1 aromatic rings. The number of oxime groups is 1. The van der Waals surface area contributed by atoms with Crippen LogP contribution in [0.1, 0.15) is 23.9 Å². The number of aliphatic imine (C=N–C) groups is 1. The number of carbonyl (C=O) groups is 1. The van der Waals surface area contributed by atoms with Crippen molar-refractivity contribution in [3.8, 4) is 0 Å². The minimum Gasteiger partial charge on any atom is -0.411 e. The molecule has 3 rings (SSSR count). The van der Waals surface area contributed by atoms with E-state index < -0.39 is 0 Å². The maximum Gasteiger partial charge on any atom is 0.273 e. The zero-order chi connectivity index (χ0) is 15.1. The highest BCUT2D eigenvalue weighted by Gasteiger charge is 2.39. The predicted molar refractivity (Wildman–Crippen MR) is 81.7 cm³/mol. The van der Waals surface area contributed by atoms with Gasteiger partial charge in [-0.15, -0.1) is 0 Å². The Kier molecular flexibility index (Phi) is 3.12. The second kappa shape index (κ2) is 4.84. The molecule has 21 heavy (non-hydrogen) atoms. The lowest BCUT2D eigenvalue weighted by Gasteiger charge is -2.23. The van der Waals surface area contributed by atoms with Crippen LogP contribution in [0.4, 0.5) is 0 Å². The van der Waals surface area contributed by atoms with Gasteiger partial charge in [0, 0.05) is 28.8 Å². The number of nitrogens with zero attached hydrogens (tertiary/aromatic N) is 2. The first-order valence-corrected chi connectivity index (χ1v) is 6.92. The van der Waals surface area contributed by atoms with Crippen molar-refractivity contribution in [3.05, 3.63) is 40.7 Å². The molecular formula is C16H17N3O2. The van der Waals surface area contributed by atoms with Gasteiger partial charge in [0.15, 0.2) is 0 Å². The third kappa shape index (κ3) is 2.14. The molecular weight excluding hydrogens is 266 g/mol. The van der Waals surface area contributed by atoms with Crippen molar-refractivity contribution in [2.24, 2.45) is 22.0 Å². The van der Waals surface area contributed by atoms with E-state index >= 15 is 0 Å². The highest BCUT2D eigenvalue weighted by molar-refractivity contribution is 6.24. The van der Waals surface area contributed by atoms with Crippen molar-refractivity contribution in [3.63, 3.8) is 0 Å². The second-order valence-electron chi connectivity index (χ2n) is 5.62. The molecule has 2 unspecified atom stereocenters. The number of H-pyrrole nitrogens is 1. The lowest BCUT2D eigenvalue weighted by Crippen LogP contribution is -2.29. The molecule has 1 amide bonds. The van der Waals surface area contributed by atoms with Crippen LogP contribution in [0.2, 0.25) is 0 Å². The van der Waals surface area contributed by atoms with Crippen LogP contribution in [0.3, 0.4) is 0 Å². The number of aromatic amines is 1. The molecule has 108 valence electrons. The van der Waals surface area contributed by atoms with Crippen LogP contribution in [-0.2, 0) is 4.79 Å². The van der Waals surface area contributed by atoms with E-state index in [4.69, 9.17) is 5.21 Å². The SMILES string of the molecule is Cc1cc(C)c(C=C2C(=O)N=C3C=CC(=NO)C(C)C23)[nH]1. The highest BCUT2D eigenvalue weighted by Crippen LogP contribution is 2.35. The van der Waals surface area contributed by atoms with Crippen LogP contribution < -0.4 is 0 Å². The summed E-state index contributed by atoms with van der Waals surface area (Å²) in [5.74, 6) is -0.429. The van der Waals surface area contributed by atoms with Gasteiger partial charge < -0.3 is 10.2 Å². The van der Waals surface area contributed by atoms with Gasteiger partial charge in [-0.2, -0.15) is 0 Å². The Balaban J connectivity index is 2.06. The molecule has 5 nitrogen and oxygen atoms in total. The third-order valence-electron chi connectivity index (χ3n) is 4.13. The summed E-state index contributed by atoms with van der Waals surface area (Å²) in [5, 5.41) is 12.4. The Morgan fingerprint density at radius 1 is 1.38 bits per heavy atom. The zero-order valence-electron chi connectivity index (χ0n) is 12.2. The van der Waals surface area contributed by atoms with Gasteiger partial charge in [0.1, 0.15) is 0 Å². The number of hydrogen-bond donors (Lipinski definition) is 2. The molecule has 2 N–H and O–H groups in total. The van der Waals surface area contributed by atoms with Crippen LogP contribution in [0.15, 0.2) is 33.9 Å². The smallest absolute Gasteiger partial charge is 0.273 e. The van der Waals surface area contributed by atoms with Crippen LogP contribution in [0.5, 0.6) is 0 Å². The molecule has 0 bridgehead atoms. The van der Waals surface area contributed by atoms with Gasteiger partial charge in [0.25, 0.3) is 5.91 Å². The number of carbonyl (C=O) groups excluding carboxylic acids is 1. The fraction of sp³-hybridized carbons (Fsp3) is 0.312. The molecule has 1 aliphatic carbocycles. The van der Waals surface area contributed by atoms with E-state index in [1.54, 1.807) is 12.2 Å². The number of aryl methyl sites for hydroxylation is 2. The zero-order valence-corrected chi connectivity index (χ0v) is 12.2. The van der Waals surface area contributed by atoms with Crippen LogP contribution in [-0.4, -0.2) is 27.5 Å². The number of fused-ring (bicyclic) bond motifs is 1. The van der Waals surface area contributed by atoms with E-state index in [2.05, 4.69) is 15.1 Å². The van der Waals surface area contributed by atoms with Gasteiger partial charge >= 0.3 is 0 Å². The van der Waals surface area contributed by atoms with Crippen molar-refractivity contribution in [1.82, 2.24) is 4.98 Å². The first kappa shape index (κ1) is 13.5. The fourth-order valence-electron chi connectivity index (χ4n) is 3.03. The average molecular weight is 283 g/mol. The Morgan fingerprint density at radius 3 is 2.76 bits per heavy atom. The Bertz CT molecular complexity index is 735. The van der Waals surface area contributed by atoms with E-state index in [1.165, 1.54) is 0 Å². The van der Waals surface area contributed by atoms with Crippen molar-refractivity contribution in [2.75, 3.05) is 0 Å². The van der Waals surface area contributed by atoms with Gasteiger partial charge in [-0.3, -0.25) is 4.79 Å². The van der Waals surface area contributed by atoms with Gasteiger partial charge in [0.05, 0.1) is 11.4 Å². The number of amides is 1. The summed E-state index contributed by atoms with van der Waals surface area (Å²) in [7, 11) is 0. The molecule has 0 spiro atoms. The summed E-state index contributed by atoms with van der Waals surface area (Å²) < 4.78 is 0. The molecule has 2 atom stereocenters. The summed E-state index contributed by atoms with van der Waals surface area (Å²) in [5.41, 5.74) is 5.03.